The SMILES string of the molecule is CCCc1cc(=O)[nH]c(-n2nc(-c3cccs3)cc2NC(=O)c2ccc(Cl)cc2Cl)n1. The molecule has 2 N–H and O–H groups in total. The molecule has 0 unspecified atom stereocenters. The summed E-state index contributed by atoms with van der Waals surface area (Å²) in [5.41, 5.74) is 1.25. The summed E-state index contributed by atoms with van der Waals surface area (Å²) in [6.07, 6.45) is 1.49. The fraction of sp³-hybridized carbons (Fsp3) is 0.143. The van der Waals surface area contributed by atoms with Crippen molar-refractivity contribution in [3.05, 3.63) is 79.5 Å². The topological polar surface area (TPSA) is 92.7 Å². The number of aromatic amines is 1. The number of hydrogen-bond acceptors (Lipinski definition) is 5. The fourth-order valence-corrected chi connectivity index (χ4v) is 4.19. The Balaban J connectivity index is 1.78. The number of nitrogens with one attached hydrogen (secondary N) is 2. The van der Waals surface area contributed by atoms with Gasteiger partial charge in [0.2, 0.25) is 5.95 Å². The second kappa shape index (κ2) is 9.05. The van der Waals surface area contributed by atoms with E-state index < -0.39 is 5.91 Å². The first kappa shape index (κ1) is 21.3. The highest BCUT2D eigenvalue weighted by molar-refractivity contribution is 7.13. The van der Waals surface area contributed by atoms with Crippen molar-refractivity contribution in [1.29, 1.82) is 0 Å². The monoisotopic (exact) mass is 473 g/mol. The van der Waals surface area contributed by atoms with Crippen LogP contribution in [-0.2, 0) is 6.42 Å². The van der Waals surface area contributed by atoms with Gasteiger partial charge in [-0.3, -0.25) is 14.6 Å². The number of halogens is 2. The number of benzene rings is 1. The number of aryl methyl sites for hydroxylation is 1. The van der Waals surface area contributed by atoms with E-state index >= 15 is 0 Å². The molecule has 3 aromatic heterocycles. The van der Waals surface area contributed by atoms with Crippen molar-refractivity contribution in [2.24, 2.45) is 0 Å². The molecule has 158 valence electrons. The summed E-state index contributed by atoms with van der Waals surface area (Å²) in [6, 6.07) is 11.6. The molecule has 0 bridgehead atoms. The number of rotatable bonds is 6. The molecule has 0 aliphatic heterocycles. The maximum Gasteiger partial charge on any atom is 0.258 e. The lowest BCUT2D eigenvalue weighted by molar-refractivity contribution is 0.102. The van der Waals surface area contributed by atoms with Gasteiger partial charge in [0.05, 0.1) is 15.5 Å². The minimum atomic E-state index is -0.437. The molecule has 31 heavy (non-hydrogen) atoms. The molecule has 0 spiro atoms. The van der Waals surface area contributed by atoms with Gasteiger partial charge in [0, 0.05) is 22.8 Å². The second-order valence-corrected chi connectivity index (χ2v) is 8.48. The van der Waals surface area contributed by atoms with Gasteiger partial charge < -0.3 is 5.32 Å². The number of anilines is 1. The van der Waals surface area contributed by atoms with Crippen LogP contribution < -0.4 is 10.9 Å². The lowest BCUT2D eigenvalue weighted by Crippen LogP contribution is -2.19. The Morgan fingerprint density at radius 1 is 1.23 bits per heavy atom. The van der Waals surface area contributed by atoms with Gasteiger partial charge in [0.1, 0.15) is 11.5 Å². The smallest absolute Gasteiger partial charge is 0.258 e. The largest absolute Gasteiger partial charge is 0.306 e. The number of carbonyl (C=O) groups is 1. The highest BCUT2D eigenvalue weighted by atomic mass is 35.5. The average molecular weight is 474 g/mol. The molecule has 10 heteroatoms. The van der Waals surface area contributed by atoms with Gasteiger partial charge in [-0.05, 0) is 36.1 Å². The van der Waals surface area contributed by atoms with Crippen LogP contribution in [-0.4, -0.2) is 25.7 Å². The molecule has 0 radical (unpaired) electrons. The van der Waals surface area contributed by atoms with Crippen molar-refractivity contribution in [1.82, 2.24) is 19.7 Å². The molecular weight excluding hydrogens is 457 g/mol. The Bertz CT molecular complexity index is 1300. The number of thiophene rings is 1. The van der Waals surface area contributed by atoms with E-state index in [9.17, 15) is 9.59 Å². The van der Waals surface area contributed by atoms with E-state index in [1.165, 1.54) is 28.2 Å². The zero-order valence-electron chi connectivity index (χ0n) is 16.4. The van der Waals surface area contributed by atoms with Crippen molar-refractivity contribution in [3.8, 4) is 16.5 Å². The van der Waals surface area contributed by atoms with Crippen molar-refractivity contribution in [2.45, 2.75) is 19.8 Å². The first-order chi connectivity index (χ1) is 14.9. The number of H-pyrrole nitrogens is 1. The maximum atomic E-state index is 12.9. The normalized spacial score (nSPS) is 10.9. The van der Waals surface area contributed by atoms with Crippen LogP contribution in [0.1, 0.15) is 29.4 Å². The van der Waals surface area contributed by atoms with Crippen LogP contribution in [0.25, 0.3) is 16.5 Å². The number of aromatic nitrogens is 4. The summed E-state index contributed by atoms with van der Waals surface area (Å²) in [4.78, 5) is 33.2. The van der Waals surface area contributed by atoms with Crippen LogP contribution >= 0.6 is 34.5 Å². The van der Waals surface area contributed by atoms with Gasteiger partial charge in [-0.15, -0.1) is 11.3 Å². The number of nitrogens with zero attached hydrogens (tertiary/aromatic N) is 3. The standard InChI is InChI=1S/C21H17Cl2N5O2S/c1-2-4-13-10-19(29)26-21(24-13)28-18(11-16(27-28)17-5-3-8-31-17)25-20(30)14-7-6-12(22)9-15(14)23/h3,5-11H,2,4H2,1H3,(H,25,30)(H,24,26,29). The van der Waals surface area contributed by atoms with Gasteiger partial charge in [-0.25, -0.2) is 4.98 Å². The lowest BCUT2D eigenvalue weighted by atomic mass is 10.2. The number of carbonyl (C=O) groups excluding carboxylic acids is 1. The van der Waals surface area contributed by atoms with Crippen molar-refractivity contribution < 1.29 is 4.79 Å². The average Bonchev–Trinajstić information content (AvgIpc) is 3.37. The summed E-state index contributed by atoms with van der Waals surface area (Å²) >= 11 is 13.6. The molecule has 4 aromatic rings. The maximum absolute atomic E-state index is 12.9. The zero-order valence-corrected chi connectivity index (χ0v) is 18.7. The molecule has 0 aliphatic carbocycles. The number of amides is 1. The Labute approximate surface area is 191 Å². The molecule has 0 fully saturated rings. The van der Waals surface area contributed by atoms with Crippen LogP contribution in [0.4, 0.5) is 5.82 Å². The Morgan fingerprint density at radius 3 is 2.77 bits per heavy atom. The third-order valence-corrected chi connectivity index (χ3v) is 5.83. The quantitative estimate of drug-likeness (QED) is 0.402. The molecule has 1 amide bonds. The van der Waals surface area contributed by atoms with Gasteiger partial charge in [0.25, 0.3) is 11.5 Å². The van der Waals surface area contributed by atoms with Gasteiger partial charge in [-0.1, -0.05) is 42.6 Å². The molecule has 7 nitrogen and oxygen atoms in total. The third-order valence-electron chi connectivity index (χ3n) is 4.39. The third kappa shape index (κ3) is 4.71. The molecule has 0 saturated carbocycles. The van der Waals surface area contributed by atoms with E-state index in [-0.39, 0.29) is 22.1 Å². The summed E-state index contributed by atoms with van der Waals surface area (Å²) in [6.45, 7) is 2.01. The molecule has 4 rings (SSSR count). The molecular formula is C21H17Cl2N5O2S. The van der Waals surface area contributed by atoms with E-state index in [0.29, 0.717) is 28.6 Å². The summed E-state index contributed by atoms with van der Waals surface area (Å²) in [7, 11) is 0. The number of hydrogen-bond donors (Lipinski definition) is 2. The van der Waals surface area contributed by atoms with Gasteiger partial charge in [0.15, 0.2) is 0 Å². The summed E-state index contributed by atoms with van der Waals surface area (Å²) in [5, 5.41) is 9.98. The Kier molecular flexibility index (Phi) is 6.22. The molecule has 0 saturated heterocycles. The fourth-order valence-electron chi connectivity index (χ4n) is 3.01. The first-order valence-electron chi connectivity index (χ1n) is 9.45. The lowest BCUT2D eigenvalue weighted by Gasteiger charge is -2.10. The summed E-state index contributed by atoms with van der Waals surface area (Å²) < 4.78 is 1.41. The predicted molar refractivity (Wildman–Crippen MR) is 124 cm³/mol. The van der Waals surface area contributed by atoms with Gasteiger partial charge in [-0.2, -0.15) is 9.78 Å². The van der Waals surface area contributed by atoms with Crippen LogP contribution in [0.2, 0.25) is 10.0 Å². The van der Waals surface area contributed by atoms with E-state index in [1.807, 2.05) is 24.4 Å². The Morgan fingerprint density at radius 2 is 2.06 bits per heavy atom. The van der Waals surface area contributed by atoms with Crippen molar-refractivity contribution >= 4 is 46.3 Å². The molecule has 0 atom stereocenters. The first-order valence-corrected chi connectivity index (χ1v) is 11.1. The van der Waals surface area contributed by atoms with Crippen LogP contribution in [0.5, 0.6) is 0 Å². The second-order valence-electron chi connectivity index (χ2n) is 6.69. The minimum absolute atomic E-state index is 0.219. The van der Waals surface area contributed by atoms with E-state index in [2.05, 4.69) is 20.4 Å². The van der Waals surface area contributed by atoms with Crippen LogP contribution in [0, 0.1) is 0 Å². The molecule has 3 heterocycles. The predicted octanol–water partition coefficient (Wildman–Crippen LogP) is 5.20. The van der Waals surface area contributed by atoms with E-state index in [4.69, 9.17) is 23.2 Å². The van der Waals surface area contributed by atoms with E-state index in [1.54, 1.807) is 18.2 Å². The van der Waals surface area contributed by atoms with Gasteiger partial charge >= 0.3 is 0 Å². The molecule has 0 aliphatic rings. The van der Waals surface area contributed by atoms with Crippen molar-refractivity contribution in [3.63, 3.8) is 0 Å². The van der Waals surface area contributed by atoms with Crippen molar-refractivity contribution in [2.75, 3.05) is 5.32 Å². The minimum Gasteiger partial charge on any atom is -0.306 e. The highest BCUT2D eigenvalue weighted by Gasteiger charge is 2.18. The van der Waals surface area contributed by atoms with E-state index in [0.717, 1.165) is 11.3 Å². The molecule has 1 aromatic carbocycles. The Hall–Kier alpha value is -2.94. The zero-order chi connectivity index (χ0) is 22.0. The highest BCUT2D eigenvalue weighted by Crippen LogP contribution is 2.28. The summed E-state index contributed by atoms with van der Waals surface area (Å²) in [5.74, 6) is 0.125. The van der Waals surface area contributed by atoms with Crippen LogP contribution in [0.15, 0.2) is 52.6 Å². The van der Waals surface area contributed by atoms with Crippen LogP contribution in [0.3, 0.4) is 0 Å².